The van der Waals surface area contributed by atoms with Crippen molar-refractivity contribution in [3.8, 4) is 0 Å². The van der Waals surface area contributed by atoms with Crippen LogP contribution >= 0.6 is 18.6 Å². The normalized spacial score (nSPS) is 27.2. The Labute approximate surface area is 151 Å². The average Bonchev–Trinajstić information content (AvgIpc) is 3.05. The van der Waals surface area contributed by atoms with Crippen molar-refractivity contribution in [1.82, 2.24) is 14.5 Å². The third kappa shape index (κ3) is 3.59. The molecule has 25 heavy (non-hydrogen) atoms. The monoisotopic (exact) mass is 384 g/mol. The van der Waals surface area contributed by atoms with Gasteiger partial charge in [0.25, 0.3) is 0 Å². The molecule has 0 aliphatic carbocycles. The molecule has 0 aromatic carbocycles. The fraction of sp³-hybridized carbons (Fsp3) is 0.562. The van der Waals surface area contributed by atoms with Crippen LogP contribution in [-0.4, -0.2) is 75.1 Å². The number of fused-ring (bicyclic) bond motifs is 1. The molecule has 0 radical (unpaired) electrons. The van der Waals surface area contributed by atoms with Crippen molar-refractivity contribution < 1.29 is 14.9 Å². The molecule has 0 amide bonds. The lowest BCUT2D eigenvalue weighted by Crippen LogP contribution is -2.32. The van der Waals surface area contributed by atoms with E-state index >= 15 is 0 Å². The largest absolute Gasteiger partial charge is 0.397 e. The lowest BCUT2D eigenvalue weighted by Gasteiger charge is -2.19. The van der Waals surface area contributed by atoms with Crippen molar-refractivity contribution in [1.29, 1.82) is 0 Å². The molecule has 2 aromatic heterocycles. The van der Waals surface area contributed by atoms with Crippen molar-refractivity contribution in [2.75, 3.05) is 31.5 Å². The number of hydrogen-bond donors (Lipinski definition) is 3. The van der Waals surface area contributed by atoms with Crippen molar-refractivity contribution >= 4 is 41.8 Å². The van der Waals surface area contributed by atoms with Gasteiger partial charge in [-0.2, -0.15) is 0 Å². The van der Waals surface area contributed by atoms with E-state index in [1.165, 1.54) is 11.8 Å². The molecule has 0 bridgehead atoms. The molecule has 2 aromatic rings. The summed E-state index contributed by atoms with van der Waals surface area (Å²) in [4.78, 5) is 8.86. The Morgan fingerprint density at radius 3 is 2.76 bits per heavy atom. The van der Waals surface area contributed by atoms with Gasteiger partial charge in [0, 0.05) is 6.20 Å². The van der Waals surface area contributed by atoms with Gasteiger partial charge in [-0.25, -0.2) is 9.97 Å². The zero-order valence-electron chi connectivity index (χ0n) is 14.7. The van der Waals surface area contributed by atoms with Crippen LogP contribution in [0.3, 0.4) is 0 Å². The van der Waals surface area contributed by atoms with Crippen LogP contribution in [0.5, 0.6) is 0 Å². The van der Waals surface area contributed by atoms with E-state index in [1.807, 2.05) is 6.26 Å². The van der Waals surface area contributed by atoms with Crippen LogP contribution in [0.25, 0.3) is 11.2 Å². The first-order valence-electron chi connectivity index (χ1n) is 8.08. The maximum atomic E-state index is 10.6. The highest BCUT2D eigenvalue weighted by molar-refractivity contribution is 7.98. The van der Waals surface area contributed by atoms with Gasteiger partial charge < -0.3 is 20.7 Å². The molecule has 3 rings (SSSR count). The predicted molar refractivity (Wildman–Crippen MR) is 105 cm³/mol. The summed E-state index contributed by atoms with van der Waals surface area (Å²) < 4.78 is 7.77. The maximum absolute atomic E-state index is 10.6. The van der Waals surface area contributed by atoms with E-state index in [9.17, 15) is 10.2 Å². The molecule has 0 saturated carbocycles. The Balaban J connectivity index is 1.95. The highest BCUT2D eigenvalue weighted by Gasteiger charge is 2.45. The number of ether oxygens (including phenoxy) is 1. The van der Waals surface area contributed by atoms with Gasteiger partial charge in [0.15, 0.2) is 17.0 Å². The molecular weight excluding hydrogens is 359 g/mol. The summed E-state index contributed by atoms with van der Waals surface area (Å²) in [6.07, 6.45) is 6.05. The SMILES string of the molecule is C=P(C)(C)CCC1O[C@@H](n2c(SC)nc3c(N)ccnc32)[C@H](O)[C@@H]1O. The van der Waals surface area contributed by atoms with Gasteiger partial charge in [0.1, 0.15) is 17.7 Å². The molecule has 9 heteroatoms. The maximum Gasteiger partial charge on any atom is 0.172 e. The van der Waals surface area contributed by atoms with E-state index in [4.69, 9.17) is 10.5 Å². The topological polar surface area (TPSA) is 106 Å². The number of anilines is 1. The van der Waals surface area contributed by atoms with Gasteiger partial charge in [0.2, 0.25) is 0 Å². The minimum atomic E-state index is -1.23. The van der Waals surface area contributed by atoms with Crippen molar-refractivity contribution in [3.05, 3.63) is 12.3 Å². The minimum Gasteiger partial charge on any atom is -0.397 e. The van der Waals surface area contributed by atoms with E-state index in [0.717, 1.165) is 6.16 Å². The number of imidazole rings is 1. The highest BCUT2D eigenvalue weighted by atomic mass is 32.2. The second-order valence-electron chi connectivity index (χ2n) is 7.04. The van der Waals surface area contributed by atoms with Crippen LogP contribution in [0.15, 0.2) is 17.4 Å². The molecule has 138 valence electrons. The highest BCUT2D eigenvalue weighted by Crippen LogP contribution is 2.41. The number of hydrogen-bond acceptors (Lipinski definition) is 7. The molecule has 7 nitrogen and oxygen atoms in total. The molecule has 1 aliphatic rings. The molecule has 0 spiro atoms. The van der Waals surface area contributed by atoms with Gasteiger partial charge in [-0.1, -0.05) is 11.8 Å². The zero-order valence-corrected chi connectivity index (χ0v) is 16.4. The summed E-state index contributed by atoms with van der Waals surface area (Å²) in [6.45, 7) is 3.06. The number of pyridine rings is 1. The third-order valence-corrected chi connectivity index (χ3v) is 6.49. The number of thioether (sulfide) groups is 1. The van der Waals surface area contributed by atoms with E-state index in [0.29, 0.717) is 28.4 Å². The third-order valence-electron chi connectivity index (χ3n) is 4.37. The van der Waals surface area contributed by atoms with Gasteiger partial charge in [0.05, 0.1) is 11.8 Å². The Kier molecular flexibility index (Phi) is 5.19. The lowest BCUT2D eigenvalue weighted by atomic mass is 10.1. The zero-order chi connectivity index (χ0) is 18.4. The predicted octanol–water partition coefficient (Wildman–Crippen LogP) is 1.45. The Bertz CT molecular complexity index is 821. The second-order valence-corrected chi connectivity index (χ2v) is 12.1. The standard InChI is InChI=1S/C16H25N4O3PS/c1-24(2,3)8-6-10-12(21)13(22)15(23-10)20-14-11(19-16(20)25-4)9(17)5-7-18-14/h5,7,10,12-13,15,21-22H,1,6,8H2,2-4H3,(H2,17,18)/t10?,12-,13-,15-/m1/s1. The Hall–Kier alpha value is -1.05. The number of nitrogens with two attached hydrogens (primary N) is 1. The van der Waals surface area contributed by atoms with Crippen molar-refractivity contribution in [2.45, 2.75) is 36.1 Å². The summed E-state index contributed by atoms with van der Waals surface area (Å²) in [7, 11) is 0. The van der Waals surface area contributed by atoms with Gasteiger partial charge in [-0.05, 0) is 38.2 Å². The van der Waals surface area contributed by atoms with E-state index in [2.05, 4.69) is 29.6 Å². The van der Waals surface area contributed by atoms with Gasteiger partial charge in [-0.15, -0.1) is 13.2 Å². The summed E-state index contributed by atoms with van der Waals surface area (Å²) in [5.41, 5.74) is 7.64. The summed E-state index contributed by atoms with van der Waals surface area (Å²) in [5, 5.41) is 21.7. The first-order valence-corrected chi connectivity index (χ1v) is 12.4. The van der Waals surface area contributed by atoms with E-state index < -0.39 is 31.4 Å². The number of aliphatic hydroxyl groups is 2. The first-order chi connectivity index (χ1) is 11.7. The molecule has 1 aliphatic heterocycles. The molecule has 3 heterocycles. The smallest absolute Gasteiger partial charge is 0.172 e. The summed E-state index contributed by atoms with van der Waals surface area (Å²) in [5.74, 6) is 0. The molecular formula is C16H25N4O3PS. The Morgan fingerprint density at radius 2 is 2.12 bits per heavy atom. The average molecular weight is 384 g/mol. The van der Waals surface area contributed by atoms with E-state index in [1.54, 1.807) is 16.8 Å². The quantitative estimate of drug-likeness (QED) is 0.529. The van der Waals surface area contributed by atoms with Crippen LogP contribution in [-0.2, 0) is 4.74 Å². The molecule has 1 saturated heterocycles. The van der Waals surface area contributed by atoms with E-state index in [-0.39, 0.29) is 0 Å². The van der Waals surface area contributed by atoms with Crippen LogP contribution in [0.2, 0.25) is 0 Å². The summed E-state index contributed by atoms with van der Waals surface area (Å²) >= 11 is 1.42. The van der Waals surface area contributed by atoms with Crippen LogP contribution in [0.4, 0.5) is 5.69 Å². The number of nitrogens with zero attached hydrogens (tertiary/aromatic N) is 3. The van der Waals surface area contributed by atoms with Gasteiger partial charge >= 0.3 is 0 Å². The number of nitrogen functional groups attached to an aromatic ring is 1. The Morgan fingerprint density at radius 1 is 1.40 bits per heavy atom. The lowest BCUT2D eigenvalue weighted by molar-refractivity contribution is -0.0400. The van der Waals surface area contributed by atoms with Crippen LogP contribution in [0, 0.1) is 0 Å². The number of aromatic nitrogens is 3. The molecule has 1 fully saturated rings. The molecule has 4 atom stereocenters. The molecule has 4 N–H and O–H groups in total. The second kappa shape index (κ2) is 6.93. The van der Waals surface area contributed by atoms with Gasteiger partial charge in [-0.3, -0.25) is 4.57 Å². The summed E-state index contributed by atoms with van der Waals surface area (Å²) in [6, 6.07) is 1.69. The number of rotatable bonds is 5. The fourth-order valence-corrected chi connectivity index (χ4v) is 4.54. The minimum absolute atomic E-state index is 0.436. The van der Waals surface area contributed by atoms with Crippen molar-refractivity contribution in [3.63, 3.8) is 0 Å². The number of aliphatic hydroxyl groups excluding tert-OH is 2. The van der Waals surface area contributed by atoms with Crippen LogP contribution < -0.4 is 5.73 Å². The fourth-order valence-electron chi connectivity index (χ4n) is 3.02. The van der Waals surface area contributed by atoms with Crippen molar-refractivity contribution in [2.24, 2.45) is 0 Å². The van der Waals surface area contributed by atoms with Crippen LogP contribution in [0.1, 0.15) is 12.6 Å². The molecule has 1 unspecified atom stereocenters. The first kappa shape index (κ1) is 18.7.